The molecule has 1 aliphatic rings. The van der Waals surface area contributed by atoms with Gasteiger partial charge in [-0.15, -0.1) is 0 Å². The van der Waals surface area contributed by atoms with Gasteiger partial charge in [-0.3, -0.25) is 4.79 Å². The van der Waals surface area contributed by atoms with Gasteiger partial charge in [0.05, 0.1) is 23.4 Å². The zero-order chi connectivity index (χ0) is 18.8. The molecule has 1 aliphatic carbocycles. The fraction of sp³-hybridized carbons (Fsp3) is 0.444. The molecule has 2 heterocycles. The molecule has 1 fully saturated rings. The lowest BCUT2D eigenvalue weighted by Gasteiger charge is -2.27. The number of rotatable bonds is 5. The molecule has 0 saturated heterocycles. The third kappa shape index (κ3) is 3.54. The lowest BCUT2D eigenvalue weighted by molar-refractivity contribution is -0.143. The van der Waals surface area contributed by atoms with E-state index < -0.39 is 11.9 Å². The summed E-state index contributed by atoms with van der Waals surface area (Å²) in [5, 5.41) is 22.2. The van der Waals surface area contributed by atoms with Gasteiger partial charge in [-0.05, 0) is 51.7 Å². The van der Waals surface area contributed by atoms with Gasteiger partial charge in [0, 0.05) is 0 Å². The standard InChI is InChI=1S/C18H20N2O6/c1-9-14(25-12-5-3-4-11(8-12)17(21)22)7-6-13(19-9)16-15(18(23)24)10(2)20-26-16/h6-7,11-12H,3-5,8H2,1-2H3,(H,21,22)(H,23,24)/t11-,12-/m0/s1. The van der Waals surface area contributed by atoms with Crippen LogP contribution in [0, 0.1) is 19.8 Å². The Labute approximate surface area is 149 Å². The molecule has 0 radical (unpaired) electrons. The van der Waals surface area contributed by atoms with Gasteiger partial charge in [-0.2, -0.15) is 0 Å². The lowest BCUT2D eigenvalue weighted by Crippen LogP contribution is -2.29. The van der Waals surface area contributed by atoms with E-state index in [2.05, 4.69) is 10.1 Å². The molecular weight excluding hydrogens is 340 g/mol. The largest absolute Gasteiger partial charge is 0.489 e. The van der Waals surface area contributed by atoms with Crippen molar-refractivity contribution in [2.75, 3.05) is 0 Å². The maximum Gasteiger partial charge on any atom is 0.341 e. The van der Waals surface area contributed by atoms with Crippen molar-refractivity contribution in [1.29, 1.82) is 0 Å². The predicted octanol–water partition coefficient (Wildman–Crippen LogP) is 3.07. The third-order valence-electron chi connectivity index (χ3n) is 4.62. The molecule has 8 heteroatoms. The fourth-order valence-corrected chi connectivity index (χ4v) is 3.25. The lowest BCUT2D eigenvalue weighted by atomic mass is 9.87. The van der Waals surface area contributed by atoms with Gasteiger partial charge in [-0.25, -0.2) is 9.78 Å². The average molecular weight is 360 g/mol. The first-order valence-electron chi connectivity index (χ1n) is 8.44. The van der Waals surface area contributed by atoms with Crippen LogP contribution in [0.5, 0.6) is 5.75 Å². The number of carboxylic acids is 2. The summed E-state index contributed by atoms with van der Waals surface area (Å²) >= 11 is 0. The molecule has 0 aliphatic heterocycles. The van der Waals surface area contributed by atoms with Crippen LogP contribution >= 0.6 is 0 Å². The van der Waals surface area contributed by atoms with Crippen LogP contribution < -0.4 is 4.74 Å². The summed E-state index contributed by atoms with van der Waals surface area (Å²) in [5.41, 5.74) is 1.21. The van der Waals surface area contributed by atoms with Crippen LogP contribution in [-0.2, 0) is 4.79 Å². The van der Waals surface area contributed by atoms with Gasteiger partial charge in [0.25, 0.3) is 0 Å². The topological polar surface area (TPSA) is 123 Å². The quantitative estimate of drug-likeness (QED) is 0.834. The minimum absolute atomic E-state index is 0.0119. The van der Waals surface area contributed by atoms with Crippen molar-refractivity contribution < 1.29 is 29.1 Å². The summed E-state index contributed by atoms with van der Waals surface area (Å²) in [4.78, 5) is 26.9. The molecule has 0 amide bonds. The van der Waals surface area contributed by atoms with Crippen molar-refractivity contribution in [2.24, 2.45) is 5.92 Å². The minimum Gasteiger partial charge on any atom is -0.489 e. The third-order valence-corrected chi connectivity index (χ3v) is 4.62. The Hall–Kier alpha value is -2.90. The van der Waals surface area contributed by atoms with Gasteiger partial charge in [-0.1, -0.05) is 5.16 Å². The van der Waals surface area contributed by atoms with E-state index in [-0.39, 0.29) is 29.0 Å². The Morgan fingerprint density at radius 1 is 1.19 bits per heavy atom. The summed E-state index contributed by atoms with van der Waals surface area (Å²) in [6, 6.07) is 3.32. The Kier molecular flexibility index (Phi) is 4.92. The van der Waals surface area contributed by atoms with Crippen molar-refractivity contribution >= 4 is 11.9 Å². The van der Waals surface area contributed by atoms with E-state index in [0.717, 1.165) is 12.8 Å². The molecule has 0 unspecified atom stereocenters. The molecule has 0 bridgehead atoms. The normalized spacial score (nSPS) is 19.9. The first-order valence-corrected chi connectivity index (χ1v) is 8.44. The van der Waals surface area contributed by atoms with Gasteiger partial charge < -0.3 is 19.5 Å². The van der Waals surface area contributed by atoms with Crippen LogP contribution in [0.4, 0.5) is 0 Å². The summed E-state index contributed by atoms with van der Waals surface area (Å²) in [7, 11) is 0. The number of carboxylic acid groups (broad SMARTS) is 2. The first kappa shape index (κ1) is 17.9. The van der Waals surface area contributed by atoms with Crippen LogP contribution in [0.25, 0.3) is 11.5 Å². The van der Waals surface area contributed by atoms with E-state index in [1.54, 1.807) is 26.0 Å². The Morgan fingerprint density at radius 2 is 1.96 bits per heavy atom. The summed E-state index contributed by atoms with van der Waals surface area (Å²) in [5.74, 6) is -1.63. The molecule has 138 valence electrons. The number of nitrogens with zero attached hydrogens (tertiary/aromatic N) is 2. The van der Waals surface area contributed by atoms with Crippen molar-refractivity contribution in [3.8, 4) is 17.2 Å². The molecule has 2 atom stereocenters. The van der Waals surface area contributed by atoms with E-state index in [9.17, 15) is 19.8 Å². The van der Waals surface area contributed by atoms with Gasteiger partial charge in [0.15, 0.2) is 5.76 Å². The van der Waals surface area contributed by atoms with Crippen molar-refractivity contribution in [2.45, 2.75) is 45.6 Å². The molecule has 2 N–H and O–H groups in total. The highest BCUT2D eigenvalue weighted by Gasteiger charge is 2.29. The summed E-state index contributed by atoms with van der Waals surface area (Å²) in [6.45, 7) is 3.31. The number of ether oxygens (including phenoxy) is 1. The maximum atomic E-state index is 11.4. The SMILES string of the molecule is Cc1nc(-c2onc(C)c2C(=O)O)ccc1O[C@H]1CCC[C@H](C(=O)O)C1. The van der Waals surface area contributed by atoms with Crippen LogP contribution in [0.1, 0.15) is 47.4 Å². The molecule has 1 saturated carbocycles. The van der Waals surface area contributed by atoms with Crippen LogP contribution in [0.3, 0.4) is 0 Å². The molecular formula is C18H20N2O6. The number of pyridine rings is 1. The van der Waals surface area contributed by atoms with Crippen LogP contribution in [-0.4, -0.2) is 38.4 Å². The monoisotopic (exact) mass is 360 g/mol. The van der Waals surface area contributed by atoms with E-state index in [0.29, 0.717) is 30.0 Å². The number of aryl methyl sites for hydroxylation is 2. The number of aliphatic carboxylic acids is 1. The fourth-order valence-electron chi connectivity index (χ4n) is 3.25. The maximum absolute atomic E-state index is 11.4. The van der Waals surface area contributed by atoms with E-state index >= 15 is 0 Å². The number of carbonyl (C=O) groups is 2. The Balaban J connectivity index is 1.80. The second-order valence-corrected chi connectivity index (χ2v) is 6.50. The van der Waals surface area contributed by atoms with Crippen molar-refractivity contribution in [3.05, 3.63) is 29.1 Å². The van der Waals surface area contributed by atoms with Gasteiger partial charge in [0.1, 0.15) is 17.0 Å². The van der Waals surface area contributed by atoms with Gasteiger partial charge >= 0.3 is 11.9 Å². The van der Waals surface area contributed by atoms with E-state index in [1.165, 1.54) is 0 Å². The second-order valence-electron chi connectivity index (χ2n) is 6.50. The summed E-state index contributed by atoms with van der Waals surface area (Å²) < 4.78 is 11.1. The molecule has 0 spiro atoms. The summed E-state index contributed by atoms with van der Waals surface area (Å²) in [6.07, 6.45) is 2.59. The number of aromatic nitrogens is 2. The molecule has 0 aromatic carbocycles. The predicted molar refractivity (Wildman–Crippen MR) is 90.2 cm³/mol. The highest BCUT2D eigenvalue weighted by atomic mass is 16.5. The number of aromatic carboxylic acids is 1. The van der Waals surface area contributed by atoms with E-state index in [4.69, 9.17) is 9.26 Å². The molecule has 8 nitrogen and oxygen atoms in total. The first-order chi connectivity index (χ1) is 12.4. The van der Waals surface area contributed by atoms with E-state index in [1.807, 2.05) is 0 Å². The van der Waals surface area contributed by atoms with Gasteiger partial charge in [0.2, 0.25) is 0 Å². The Morgan fingerprint density at radius 3 is 2.62 bits per heavy atom. The highest BCUT2D eigenvalue weighted by molar-refractivity contribution is 5.94. The molecule has 2 aromatic heterocycles. The average Bonchev–Trinajstić information content (AvgIpc) is 2.99. The molecule has 3 rings (SSSR count). The molecule has 2 aromatic rings. The zero-order valence-electron chi connectivity index (χ0n) is 14.6. The smallest absolute Gasteiger partial charge is 0.341 e. The number of hydrogen-bond donors (Lipinski definition) is 2. The highest BCUT2D eigenvalue weighted by Crippen LogP contribution is 2.31. The zero-order valence-corrected chi connectivity index (χ0v) is 14.6. The second kappa shape index (κ2) is 7.15. The van der Waals surface area contributed by atoms with Crippen molar-refractivity contribution in [1.82, 2.24) is 10.1 Å². The van der Waals surface area contributed by atoms with Crippen LogP contribution in [0.15, 0.2) is 16.7 Å². The molecule has 26 heavy (non-hydrogen) atoms. The van der Waals surface area contributed by atoms with Crippen molar-refractivity contribution in [3.63, 3.8) is 0 Å². The number of hydrogen-bond acceptors (Lipinski definition) is 6. The minimum atomic E-state index is -1.12. The Bertz CT molecular complexity index is 844. The van der Waals surface area contributed by atoms with Crippen LogP contribution in [0.2, 0.25) is 0 Å².